The lowest BCUT2D eigenvalue weighted by Crippen LogP contribution is -2.17. The molecule has 0 saturated heterocycles. The van der Waals surface area contributed by atoms with E-state index in [-0.39, 0.29) is 23.9 Å². The second-order valence-corrected chi connectivity index (χ2v) is 5.09. The highest BCUT2D eigenvalue weighted by Crippen LogP contribution is 2.20. The van der Waals surface area contributed by atoms with Crippen LogP contribution in [0.25, 0.3) is 0 Å². The van der Waals surface area contributed by atoms with E-state index < -0.39 is 0 Å². The Hall–Kier alpha value is -0.890. The number of halogens is 2. The van der Waals surface area contributed by atoms with Crippen LogP contribution < -0.4 is 0 Å². The summed E-state index contributed by atoms with van der Waals surface area (Å²) < 4.78 is 13.6. The number of carbonyl (C=O) groups excluding carboxylic acids is 1. The van der Waals surface area contributed by atoms with Crippen LogP contribution in [0.4, 0.5) is 4.39 Å². The van der Waals surface area contributed by atoms with Crippen LogP contribution in [0.15, 0.2) is 18.2 Å². The maximum absolute atomic E-state index is 13.6. The zero-order valence-electron chi connectivity index (χ0n) is 11.0. The highest BCUT2D eigenvalue weighted by atomic mass is 35.5. The van der Waals surface area contributed by atoms with Gasteiger partial charge in [-0.2, -0.15) is 0 Å². The van der Waals surface area contributed by atoms with Crippen molar-refractivity contribution >= 4 is 17.4 Å². The van der Waals surface area contributed by atoms with Crippen LogP contribution in [-0.2, 0) is 11.2 Å². The monoisotopic (exact) mass is 270 g/mol. The molecule has 0 amide bonds. The Balaban J connectivity index is 2.75. The van der Waals surface area contributed by atoms with Crippen molar-refractivity contribution in [2.45, 2.75) is 46.0 Å². The predicted octanol–water partition coefficient (Wildman–Crippen LogP) is 4.81. The van der Waals surface area contributed by atoms with E-state index in [9.17, 15) is 9.18 Å². The molecular weight excluding hydrogens is 251 g/mol. The molecule has 1 aromatic rings. The molecule has 1 nitrogen and oxygen atoms in total. The maximum Gasteiger partial charge on any atom is 0.140 e. The molecule has 100 valence electrons. The molecular formula is C15H20ClFO. The third-order valence-electron chi connectivity index (χ3n) is 3.10. The molecule has 0 aliphatic rings. The van der Waals surface area contributed by atoms with Crippen molar-refractivity contribution in [1.29, 1.82) is 0 Å². The van der Waals surface area contributed by atoms with Gasteiger partial charge in [-0.05, 0) is 36.6 Å². The lowest BCUT2D eigenvalue weighted by Gasteiger charge is -2.14. The van der Waals surface area contributed by atoms with E-state index in [2.05, 4.69) is 13.8 Å². The molecule has 0 heterocycles. The fraction of sp³-hybridized carbons (Fsp3) is 0.533. The average Bonchev–Trinajstić information content (AvgIpc) is 2.33. The lowest BCUT2D eigenvalue weighted by atomic mass is 9.90. The minimum Gasteiger partial charge on any atom is -0.299 e. The van der Waals surface area contributed by atoms with Crippen LogP contribution in [0.3, 0.4) is 0 Å². The fourth-order valence-corrected chi connectivity index (χ4v) is 2.37. The normalized spacial score (nSPS) is 10.9. The predicted molar refractivity (Wildman–Crippen MR) is 73.4 cm³/mol. The molecule has 0 aliphatic heterocycles. The number of rotatable bonds is 7. The highest BCUT2D eigenvalue weighted by Gasteiger charge is 2.18. The number of benzene rings is 1. The van der Waals surface area contributed by atoms with Crippen LogP contribution >= 0.6 is 11.6 Å². The van der Waals surface area contributed by atoms with Gasteiger partial charge in [0.1, 0.15) is 11.6 Å². The van der Waals surface area contributed by atoms with Crippen molar-refractivity contribution in [1.82, 2.24) is 0 Å². The number of hydrogen-bond donors (Lipinski definition) is 0. The molecule has 0 spiro atoms. The van der Waals surface area contributed by atoms with E-state index in [0.29, 0.717) is 10.6 Å². The van der Waals surface area contributed by atoms with Crippen LogP contribution in [0.1, 0.15) is 45.1 Å². The zero-order chi connectivity index (χ0) is 13.5. The molecule has 0 aliphatic carbocycles. The minimum atomic E-state index is -0.348. The second-order valence-electron chi connectivity index (χ2n) is 4.65. The Labute approximate surface area is 113 Å². The van der Waals surface area contributed by atoms with Gasteiger partial charge in [-0.15, -0.1) is 0 Å². The van der Waals surface area contributed by atoms with Crippen molar-refractivity contribution < 1.29 is 9.18 Å². The summed E-state index contributed by atoms with van der Waals surface area (Å²) in [6, 6.07) is 4.36. The standard InChI is InChI=1S/C15H20ClFO/c1-3-5-11(6-4-2)15(18)10-12-9-13(16)7-8-14(12)17/h7-9,11H,3-6,10H2,1-2H3. The van der Waals surface area contributed by atoms with Gasteiger partial charge in [0.2, 0.25) is 0 Å². The zero-order valence-corrected chi connectivity index (χ0v) is 11.8. The molecule has 0 unspecified atom stereocenters. The summed E-state index contributed by atoms with van der Waals surface area (Å²) in [6.45, 7) is 4.13. The summed E-state index contributed by atoms with van der Waals surface area (Å²) in [4.78, 5) is 12.1. The molecule has 0 bridgehead atoms. The molecule has 0 saturated carbocycles. The van der Waals surface area contributed by atoms with Gasteiger partial charge in [-0.25, -0.2) is 4.39 Å². The Bertz CT molecular complexity index is 397. The molecule has 1 rings (SSSR count). The molecule has 0 radical (unpaired) electrons. The first kappa shape index (κ1) is 15.2. The Kier molecular flexibility index (Phi) is 6.34. The van der Waals surface area contributed by atoms with Gasteiger partial charge in [0.15, 0.2) is 0 Å². The quantitative estimate of drug-likeness (QED) is 0.695. The SMILES string of the molecule is CCCC(CCC)C(=O)Cc1cc(Cl)ccc1F. The Morgan fingerprint density at radius 2 is 1.89 bits per heavy atom. The summed E-state index contributed by atoms with van der Waals surface area (Å²) in [6.07, 6.45) is 3.88. The Morgan fingerprint density at radius 1 is 1.28 bits per heavy atom. The van der Waals surface area contributed by atoms with E-state index in [1.54, 1.807) is 6.07 Å². The first-order chi connectivity index (χ1) is 8.58. The van der Waals surface area contributed by atoms with Gasteiger partial charge < -0.3 is 0 Å². The van der Waals surface area contributed by atoms with Crippen LogP contribution in [0.5, 0.6) is 0 Å². The molecule has 3 heteroatoms. The van der Waals surface area contributed by atoms with E-state index in [0.717, 1.165) is 25.7 Å². The number of hydrogen-bond acceptors (Lipinski definition) is 1. The van der Waals surface area contributed by atoms with E-state index in [4.69, 9.17) is 11.6 Å². The van der Waals surface area contributed by atoms with Gasteiger partial charge in [-0.1, -0.05) is 38.3 Å². The first-order valence-corrected chi connectivity index (χ1v) is 6.92. The van der Waals surface area contributed by atoms with Gasteiger partial charge in [-0.3, -0.25) is 4.79 Å². The van der Waals surface area contributed by atoms with Crippen LogP contribution in [-0.4, -0.2) is 5.78 Å². The van der Waals surface area contributed by atoms with Gasteiger partial charge in [0.05, 0.1) is 0 Å². The number of Topliss-reactive ketones (excluding diaryl/α,β-unsaturated/α-hetero) is 1. The molecule has 0 fully saturated rings. The average molecular weight is 271 g/mol. The van der Waals surface area contributed by atoms with Crippen molar-refractivity contribution in [3.63, 3.8) is 0 Å². The van der Waals surface area contributed by atoms with E-state index in [1.165, 1.54) is 12.1 Å². The van der Waals surface area contributed by atoms with Crippen molar-refractivity contribution in [2.24, 2.45) is 5.92 Å². The summed E-state index contributed by atoms with van der Waals surface area (Å²) >= 11 is 5.82. The van der Waals surface area contributed by atoms with Crippen molar-refractivity contribution in [2.75, 3.05) is 0 Å². The highest BCUT2D eigenvalue weighted by molar-refractivity contribution is 6.30. The van der Waals surface area contributed by atoms with Crippen molar-refractivity contribution in [3.8, 4) is 0 Å². The summed E-state index contributed by atoms with van der Waals surface area (Å²) in [5.74, 6) is -0.169. The molecule has 1 aromatic carbocycles. The molecule has 0 N–H and O–H groups in total. The third kappa shape index (κ3) is 4.41. The van der Waals surface area contributed by atoms with Crippen molar-refractivity contribution in [3.05, 3.63) is 34.6 Å². The largest absolute Gasteiger partial charge is 0.299 e. The van der Waals surface area contributed by atoms with E-state index >= 15 is 0 Å². The summed E-state index contributed by atoms with van der Waals surface area (Å²) in [7, 11) is 0. The van der Waals surface area contributed by atoms with Gasteiger partial charge in [0, 0.05) is 17.4 Å². The smallest absolute Gasteiger partial charge is 0.140 e. The van der Waals surface area contributed by atoms with Gasteiger partial charge >= 0.3 is 0 Å². The Morgan fingerprint density at radius 3 is 2.44 bits per heavy atom. The minimum absolute atomic E-state index is 0.0541. The van der Waals surface area contributed by atoms with E-state index in [1.807, 2.05) is 0 Å². The maximum atomic E-state index is 13.6. The molecule has 18 heavy (non-hydrogen) atoms. The molecule has 0 atom stereocenters. The number of carbonyl (C=O) groups is 1. The van der Waals surface area contributed by atoms with Gasteiger partial charge in [0.25, 0.3) is 0 Å². The second kappa shape index (κ2) is 7.52. The van der Waals surface area contributed by atoms with Crippen LogP contribution in [0, 0.1) is 11.7 Å². The first-order valence-electron chi connectivity index (χ1n) is 6.55. The third-order valence-corrected chi connectivity index (χ3v) is 3.34. The fourth-order valence-electron chi connectivity index (χ4n) is 2.17. The number of ketones is 1. The topological polar surface area (TPSA) is 17.1 Å². The lowest BCUT2D eigenvalue weighted by molar-refractivity contribution is -0.122. The molecule has 0 aromatic heterocycles. The summed E-state index contributed by atoms with van der Waals surface area (Å²) in [5, 5.41) is 0.474. The summed E-state index contributed by atoms with van der Waals surface area (Å²) in [5.41, 5.74) is 0.407. The van der Waals surface area contributed by atoms with Crippen LogP contribution in [0.2, 0.25) is 5.02 Å².